The van der Waals surface area contributed by atoms with Crippen molar-refractivity contribution >= 4 is 18.0 Å². The lowest BCUT2D eigenvalue weighted by Gasteiger charge is -2.11. The van der Waals surface area contributed by atoms with Crippen molar-refractivity contribution < 1.29 is 18.7 Å². The molecule has 0 radical (unpaired) electrons. The Balaban J connectivity index is 1.47. The van der Waals surface area contributed by atoms with Gasteiger partial charge in [-0.1, -0.05) is 60.7 Å². The number of nitrogens with one attached hydrogen (secondary N) is 1. The molecule has 6 heteroatoms. The summed E-state index contributed by atoms with van der Waals surface area (Å²) >= 11 is 0. The largest absolute Gasteiger partial charge is 0.489 e. The summed E-state index contributed by atoms with van der Waals surface area (Å²) in [6.07, 6.45) is 1.60. The maximum atomic E-state index is 13.7. The molecule has 0 bridgehead atoms. The molecular formula is C24H19FN2O3. The molecule has 3 aromatic rings. The van der Waals surface area contributed by atoms with Gasteiger partial charge in [-0.15, -0.1) is 0 Å². The second-order valence-corrected chi connectivity index (χ2v) is 6.82. The minimum absolute atomic E-state index is 0.0905. The van der Waals surface area contributed by atoms with Crippen LogP contribution in [-0.2, 0) is 17.9 Å². The van der Waals surface area contributed by atoms with Crippen LogP contribution in [0.5, 0.6) is 5.75 Å². The normalized spacial score (nSPS) is 14.8. The lowest BCUT2D eigenvalue weighted by molar-refractivity contribution is -0.123. The zero-order valence-corrected chi connectivity index (χ0v) is 16.0. The maximum Gasteiger partial charge on any atom is 0.329 e. The van der Waals surface area contributed by atoms with Crippen LogP contribution in [0.4, 0.5) is 9.18 Å². The molecule has 0 spiro atoms. The Morgan fingerprint density at radius 1 is 0.933 bits per heavy atom. The van der Waals surface area contributed by atoms with E-state index < -0.39 is 6.03 Å². The van der Waals surface area contributed by atoms with Crippen LogP contribution >= 0.6 is 0 Å². The highest BCUT2D eigenvalue weighted by molar-refractivity contribution is 6.13. The third-order valence-electron chi connectivity index (χ3n) is 4.67. The Hall–Kier alpha value is -3.93. The molecule has 0 unspecified atom stereocenters. The predicted octanol–water partition coefficient (Wildman–Crippen LogP) is 4.50. The van der Waals surface area contributed by atoms with Gasteiger partial charge in [0.2, 0.25) is 0 Å². The first kappa shape index (κ1) is 19.4. The molecule has 1 aliphatic rings. The monoisotopic (exact) mass is 402 g/mol. The minimum atomic E-state index is -0.456. The van der Waals surface area contributed by atoms with Gasteiger partial charge in [0.05, 0.1) is 6.54 Å². The van der Waals surface area contributed by atoms with Gasteiger partial charge in [-0.3, -0.25) is 9.69 Å². The van der Waals surface area contributed by atoms with E-state index in [1.54, 1.807) is 48.5 Å². The van der Waals surface area contributed by atoms with E-state index in [1.807, 2.05) is 30.3 Å². The van der Waals surface area contributed by atoms with Crippen LogP contribution < -0.4 is 10.1 Å². The molecule has 30 heavy (non-hydrogen) atoms. The van der Waals surface area contributed by atoms with Gasteiger partial charge in [-0.2, -0.15) is 0 Å². The Kier molecular flexibility index (Phi) is 5.57. The molecular weight excluding hydrogens is 383 g/mol. The number of hydrogen-bond donors (Lipinski definition) is 1. The molecule has 1 aliphatic heterocycles. The van der Waals surface area contributed by atoms with Gasteiger partial charge >= 0.3 is 6.03 Å². The Morgan fingerprint density at radius 2 is 1.70 bits per heavy atom. The van der Waals surface area contributed by atoms with Gasteiger partial charge in [-0.05, 0) is 35.4 Å². The summed E-state index contributed by atoms with van der Waals surface area (Å²) in [5.41, 5.74) is 2.20. The average Bonchev–Trinajstić information content (AvgIpc) is 3.01. The van der Waals surface area contributed by atoms with Gasteiger partial charge in [0.1, 0.15) is 23.9 Å². The number of ether oxygens (including phenoxy) is 1. The van der Waals surface area contributed by atoms with E-state index >= 15 is 0 Å². The van der Waals surface area contributed by atoms with Crippen LogP contribution in [0.25, 0.3) is 6.08 Å². The van der Waals surface area contributed by atoms with Gasteiger partial charge in [0.25, 0.3) is 5.91 Å². The Morgan fingerprint density at radius 3 is 2.50 bits per heavy atom. The quantitative estimate of drug-likeness (QED) is 0.488. The first-order valence-electron chi connectivity index (χ1n) is 9.45. The molecule has 4 rings (SSSR count). The van der Waals surface area contributed by atoms with E-state index in [0.717, 1.165) is 5.56 Å². The second kappa shape index (κ2) is 8.61. The van der Waals surface area contributed by atoms with Crippen LogP contribution in [-0.4, -0.2) is 16.8 Å². The molecule has 0 aromatic heterocycles. The summed E-state index contributed by atoms with van der Waals surface area (Å²) in [6.45, 7) is 0.294. The Labute approximate surface area is 173 Å². The Bertz CT molecular complexity index is 1110. The van der Waals surface area contributed by atoms with Crippen LogP contribution in [0.2, 0.25) is 0 Å². The average molecular weight is 402 g/mol. The van der Waals surface area contributed by atoms with Crippen molar-refractivity contribution in [3.8, 4) is 5.75 Å². The molecule has 0 aliphatic carbocycles. The fourth-order valence-electron chi connectivity index (χ4n) is 3.12. The van der Waals surface area contributed by atoms with Crippen molar-refractivity contribution in [3.05, 3.63) is 107 Å². The molecule has 1 N–H and O–H groups in total. The first-order chi connectivity index (χ1) is 14.6. The molecule has 3 amide bonds. The van der Waals surface area contributed by atoms with E-state index in [-0.39, 0.29) is 30.6 Å². The first-order valence-corrected chi connectivity index (χ1v) is 9.45. The number of amides is 3. The van der Waals surface area contributed by atoms with Crippen LogP contribution in [0.1, 0.15) is 16.7 Å². The number of hydrogen-bond acceptors (Lipinski definition) is 3. The summed E-state index contributed by atoms with van der Waals surface area (Å²) in [6, 6.07) is 22.3. The smallest absolute Gasteiger partial charge is 0.329 e. The highest BCUT2D eigenvalue weighted by atomic mass is 19.1. The van der Waals surface area contributed by atoms with Crippen LogP contribution in [0.15, 0.2) is 84.6 Å². The third kappa shape index (κ3) is 4.38. The van der Waals surface area contributed by atoms with Crippen molar-refractivity contribution in [2.75, 3.05) is 0 Å². The van der Waals surface area contributed by atoms with Crippen molar-refractivity contribution in [2.45, 2.75) is 13.2 Å². The number of carbonyl (C=O) groups excluding carboxylic acids is 2. The lowest BCUT2D eigenvalue weighted by Crippen LogP contribution is -2.30. The van der Waals surface area contributed by atoms with Crippen molar-refractivity contribution in [2.24, 2.45) is 0 Å². The summed E-state index contributed by atoms with van der Waals surface area (Å²) in [7, 11) is 0. The topological polar surface area (TPSA) is 58.6 Å². The fraction of sp³-hybridized carbons (Fsp3) is 0.0833. The van der Waals surface area contributed by atoms with Crippen molar-refractivity contribution in [1.29, 1.82) is 0 Å². The predicted molar refractivity (Wildman–Crippen MR) is 111 cm³/mol. The molecule has 0 saturated carbocycles. The zero-order valence-electron chi connectivity index (χ0n) is 16.0. The number of rotatable bonds is 6. The SMILES string of the molecule is O=C1N/C(=C/c2cccc(OCc3ccccc3F)c2)C(=O)N1Cc1ccccc1. The van der Waals surface area contributed by atoms with Crippen molar-refractivity contribution in [3.63, 3.8) is 0 Å². The molecule has 1 heterocycles. The highest BCUT2D eigenvalue weighted by Gasteiger charge is 2.33. The maximum absolute atomic E-state index is 13.7. The van der Waals surface area contributed by atoms with Crippen LogP contribution in [0.3, 0.4) is 0 Å². The molecule has 1 saturated heterocycles. The minimum Gasteiger partial charge on any atom is -0.489 e. The lowest BCUT2D eigenvalue weighted by atomic mass is 10.1. The van der Waals surface area contributed by atoms with Gasteiger partial charge in [0, 0.05) is 5.56 Å². The molecule has 0 atom stereocenters. The van der Waals surface area contributed by atoms with Crippen molar-refractivity contribution in [1.82, 2.24) is 10.2 Å². The number of benzene rings is 3. The number of imide groups is 1. The molecule has 5 nitrogen and oxygen atoms in total. The number of urea groups is 1. The van der Waals surface area contributed by atoms with Crippen LogP contribution in [0, 0.1) is 5.82 Å². The number of halogens is 1. The van der Waals surface area contributed by atoms with E-state index in [1.165, 1.54) is 11.0 Å². The van der Waals surface area contributed by atoms with E-state index in [9.17, 15) is 14.0 Å². The van der Waals surface area contributed by atoms with E-state index in [0.29, 0.717) is 16.9 Å². The molecule has 150 valence electrons. The molecule has 3 aromatic carbocycles. The van der Waals surface area contributed by atoms with Gasteiger partial charge in [-0.25, -0.2) is 9.18 Å². The molecule has 1 fully saturated rings. The highest BCUT2D eigenvalue weighted by Crippen LogP contribution is 2.21. The standard InChI is InChI=1S/C24H19FN2O3/c25-21-12-5-4-10-19(21)16-30-20-11-6-9-18(13-20)14-22-23(28)27(24(29)26-22)15-17-7-2-1-3-8-17/h1-14H,15-16H2,(H,26,29)/b22-14+. The van der Waals surface area contributed by atoms with E-state index in [4.69, 9.17) is 4.74 Å². The summed E-state index contributed by atoms with van der Waals surface area (Å²) in [5.74, 6) is -0.180. The van der Waals surface area contributed by atoms with Gasteiger partial charge < -0.3 is 10.1 Å². The van der Waals surface area contributed by atoms with E-state index in [2.05, 4.69) is 5.32 Å². The number of carbonyl (C=O) groups is 2. The number of nitrogens with zero attached hydrogens (tertiary/aromatic N) is 1. The third-order valence-corrected chi connectivity index (χ3v) is 4.67. The second-order valence-electron chi connectivity index (χ2n) is 6.82. The zero-order chi connectivity index (χ0) is 20.9. The van der Waals surface area contributed by atoms with Gasteiger partial charge in [0.15, 0.2) is 0 Å². The summed E-state index contributed by atoms with van der Waals surface area (Å²) in [4.78, 5) is 26.1. The fourth-order valence-corrected chi connectivity index (χ4v) is 3.12. The summed E-state index contributed by atoms with van der Waals surface area (Å²) in [5, 5.41) is 2.62. The summed E-state index contributed by atoms with van der Waals surface area (Å²) < 4.78 is 19.4.